The number of carbonyl (C=O) groups excluding carboxylic acids is 1. The average molecular weight is 332 g/mol. The van der Waals surface area contributed by atoms with E-state index >= 15 is 0 Å². The number of aliphatic hydroxyl groups is 1. The fraction of sp³-hybridized carbons (Fsp3) is 0.722. The van der Waals surface area contributed by atoms with E-state index in [1.54, 1.807) is 0 Å². The molecule has 1 saturated carbocycles. The van der Waals surface area contributed by atoms with Crippen LogP contribution >= 0.6 is 0 Å². The molecule has 0 saturated heterocycles. The van der Waals surface area contributed by atoms with Crippen LogP contribution in [0, 0.1) is 23.2 Å². The van der Waals surface area contributed by atoms with Gasteiger partial charge in [-0.05, 0) is 39.5 Å². The van der Waals surface area contributed by atoms with Crippen LogP contribution in [-0.4, -0.2) is 38.8 Å². The van der Waals surface area contributed by atoms with Crippen molar-refractivity contribution in [2.75, 3.05) is 6.54 Å². The number of hydrogen-bond acceptors (Lipinski definition) is 4. The maximum absolute atomic E-state index is 11.8. The van der Waals surface area contributed by atoms with E-state index in [1.165, 1.54) is 0 Å². The molecular weight excluding hydrogens is 304 g/mol. The summed E-state index contributed by atoms with van der Waals surface area (Å²) < 4.78 is 0. The third-order valence-electron chi connectivity index (χ3n) is 4.16. The van der Waals surface area contributed by atoms with Crippen LogP contribution in [0.15, 0.2) is 0 Å². The maximum atomic E-state index is 11.8. The van der Waals surface area contributed by atoms with Crippen molar-refractivity contribution < 1.29 is 9.90 Å². The van der Waals surface area contributed by atoms with Crippen molar-refractivity contribution in [2.24, 2.45) is 11.3 Å². The summed E-state index contributed by atoms with van der Waals surface area (Å²) in [4.78, 5) is 16.3. The van der Waals surface area contributed by atoms with Crippen LogP contribution in [0.2, 0.25) is 0 Å². The van der Waals surface area contributed by atoms with Crippen molar-refractivity contribution in [3.63, 3.8) is 0 Å². The number of nitrogens with zero attached hydrogens (tertiary/aromatic N) is 2. The zero-order valence-electron chi connectivity index (χ0n) is 15.2. The highest BCUT2D eigenvalue weighted by Crippen LogP contribution is 2.37. The molecular formula is C18H28N4O2. The van der Waals surface area contributed by atoms with Crippen molar-refractivity contribution in [3.05, 3.63) is 11.6 Å². The molecule has 0 spiro atoms. The highest BCUT2D eigenvalue weighted by molar-refractivity contribution is 5.93. The Morgan fingerprint density at radius 3 is 2.71 bits per heavy atom. The van der Waals surface area contributed by atoms with Gasteiger partial charge in [0.15, 0.2) is 5.82 Å². The second kappa shape index (κ2) is 7.35. The minimum absolute atomic E-state index is 0.0167. The molecule has 3 atom stereocenters. The average Bonchev–Trinajstić information content (AvgIpc) is 3.09. The molecule has 1 heterocycles. The third-order valence-corrected chi connectivity index (χ3v) is 4.16. The van der Waals surface area contributed by atoms with Crippen LogP contribution in [0.3, 0.4) is 0 Å². The van der Waals surface area contributed by atoms with E-state index in [2.05, 4.69) is 32.3 Å². The highest BCUT2D eigenvalue weighted by atomic mass is 16.3. The fourth-order valence-corrected chi connectivity index (χ4v) is 2.79. The van der Waals surface area contributed by atoms with Crippen molar-refractivity contribution in [1.82, 2.24) is 20.5 Å². The smallest absolute Gasteiger partial charge is 0.295 e. The first-order valence-corrected chi connectivity index (χ1v) is 8.57. The SMILES string of the molecule is CC(C)c1n[nH]c([C@H]2C[C@H](CNC(=O)C#CC(C)(C)C)[C@H](O)C2)n1. The normalized spacial score (nSPS) is 23.9. The van der Waals surface area contributed by atoms with E-state index < -0.39 is 6.10 Å². The standard InChI is InChI=1S/C18H28N4O2/c1-11(2)16-20-17(22-21-16)12-8-13(14(23)9-12)10-19-15(24)6-7-18(3,4)5/h11-14,23H,8-10H2,1-5H3,(H,19,24)(H,20,21,22)/t12-,13+,14+/m0/s1. The molecule has 1 aromatic rings. The molecule has 1 amide bonds. The van der Waals surface area contributed by atoms with E-state index in [9.17, 15) is 9.90 Å². The Morgan fingerprint density at radius 1 is 1.42 bits per heavy atom. The first-order valence-electron chi connectivity index (χ1n) is 8.57. The lowest BCUT2D eigenvalue weighted by Crippen LogP contribution is -2.31. The summed E-state index contributed by atoms with van der Waals surface area (Å²) in [6.45, 7) is 10.4. The summed E-state index contributed by atoms with van der Waals surface area (Å²) in [5, 5.41) is 20.3. The van der Waals surface area contributed by atoms with Gasteiger partial charge in [-0.3, -0.25) is 9.89 Å². The highest BCUT2D eigenvalue weighted by Gasteiger charge is 2.35. The van der Waals surface area contributed by atoms with Crippen LogP contribution in [0.5, 0.6) is 0 Å². The van der Waals surface area contributed by atoms with E-state index in [0.29, 0.717) is 13.0 Å². The van der Waals surface area contributed by atoms with Gasteiger partial charge in [0, 0.05) is 29.7 Å². The molecule has 0 radical (unpaired) electrons. The fourth-order valence-electron chi connectivity index (χ4n) is 2.79. The molecule has 0 bridgehead atoms. The van der Waals surface area contributed by atoms with Gasteiger partial charge in [0.1, 0.15) is 5.82 Å². The van der Waals surface area contributed by atoms with Crippen LogP contribution < -0.4 is 5.32 Å². The lowest BCUT2D eigenvalue weighted by molar-refractivity contribution is -0.116. The van der Waals surface area contributed by atoms with Gasteiger partial charge in [-0.25, -0.2) is 4.98 Å². The molecule has 1 aliphatic carbocycles. The van der Waals surface area contributed by atoms with Crippen LogP contribution in [-0.2, 0) is 4.79 Å². The summed E-state index contributed by atoms with van der Waals surface area (Å²) in [6, 6.07) is 0. The Bertz CT molecular complexity index is 633. The topological polar surface area (TPSA) is 90.9 Å². The Balaban J connectivity index is 1.89. The van der Waals surface area contributed by atoms with Gasteiger partial charge in [-0.15, -0.1) is 0 Å². The lowest BCUT2D eigenvalue weighted by Gasteiger charge is -2.13. The molecule has 24 heavy (non-hydrogen) atoms. The summed E-state index contributed by atoms with van der Waals surface area (Å²) in [5.41, 5.74) is -0.199. The van der Waals surface area contributed by atoms with Gasteiger partial charge >= 0.3 is 0 Å². The number of aromatic amines is 1. The van der Waals surface area contributed by atoms with Gasteiger partial charge in [0.05, 0.1) is 6.10 Å². The lowest BCUT2D eigenvalue weighted by atomic mass is 9.98. The van der Waals surface area contributed by atoms with Crippen molar-refractivity contribution in [2.45, 2.75) is 65.4 Å². The van der Waals surface area contributed by atoms with Crippen molar-refractivity contribution in [3.8, 4) is 11.8 Å². The predicted molar refractivity (Wildman–Crippen MR) is 92.2 cm³/mol. The minimum atomic E-state index is -0.446. The first-order chi connectivity index (χ1) is 11.2. The number of H-pyrrole nitrogens is 1. The van der Waals surface area contributed by atoms with Crippen LogP contribution in [0.4, 0.5) is 0 Å². The maximum Gasteiger partial charge on any atom is 0.295 e. The van der Waals surface area contributed by atoms with E-state index in [-0.39, 0.29) is 29.1 Å². The number of hydrogen-bond donors (Lipinski definition) is 3. The number of aliphatic hydroxyl groups excluding tert-OH is 1. The summed E-state index contributed by atoms with van der Waals surface area (Å²) in [7, 11) is 0. The number of aromatic nitrogens is 3. The molecule has 6 heteroatoms. The second-order valence-corrected chi connectivity index (χ2v) is 7.94. The molecule has 2 rings (SSSR count). The van der Waals surface area contributed by atoms with Gasteiger partial charge in [-0.2, -0.15) is 5.10 Å². The van der Waals surface area contributed by atoms with Crippen molar-refractivity contribution >= 4 is 5.91 Å². The molecule has 6 nitrogen and oxygen atoms in total. The summed E-state index contributed by atoms with van der Waals surface area (Å²) in [5.74, 6) is 7.31. The molecule has 1 fully saturated rings. The largest absolute Gasteiger partial charge is 0.393 e. The zero-order chi connectivity index (χ0) is 17.9. The third kappa shape index (κ3) is 5.07. The Labute approximate surface area is 143 Å². The molecule has 1 aliphatic rings. The first kappa shape index (κ1) is 18.5. The predicted octanol–water partition coefficient (Wildman–Crippen LogP) is 1.95. The number of carbonyl (C=O) groups is 1. The van der Waals surface area contributed by atoms with Crippen molar-refractivity contribution in [1.29, 1.82) is 0 Å². The Hall–Kier alpha value is -1.87. The van der Waals surface area contributed by atoms with Gasteiger partial charge in [0.2, 0.25) is 0 Å². The molecule has 1 aromatic heterocycles. The summed E-state index contributed by atoms with van der Waals surface area (Å²) in [6.07, 6.45) is 0.973. The quantitative estimate of drug-likeness (QED) is 0.735. The Morgan fingerprint density at radius 2 is 2.12 bits per heavy atom. The summed E-state index contributed by atoms with van der Waals surface area (Å²) >= 11 is 0. The van der Waals surface area contributed by atoms with E-state index in [4.69, 9.17) is 0 Å². The Kier molecular flexibility index (Phi) is 5.66. The second-order valence-electron chi connectivity index (χ2n) is 7.94. The molecule has 0 aromatic carbocycles. The molecule has 132 valence electrons. The number of nitrogens with one attached hydrogen (secondary N) is 2. The van der Waals surface area contributed by atoms with Gasteiger partial charge in [0.25, 0.3) is 5.91 Å². The van der Waals surface area contributed by atoms with E-state index in [1.807, 2.05) is 34.6 Å². The van der Waals surface area contributed by atoms with Crippen LogP contribution in [0.1, 0.15) is 70.9 Å². The molecule has 0 aliphatic heterocycles. The van der Waals surface area contributed by atoms with Gasteiger partial charge < -0.3 is 10.4 Å². The monoisotopic (exact) mass is 332 g/mol. The molecule has 3 N–H and O–H groups in total. The number of amides is 1. The minimum Gasteiger partial charge on any atom is -0.393 e. The van der Waals surface area contributed by atoms with Crippen LogP contribution in [0.25, 0.3) is 0 Å². The van der Waals surface area contributed by atoms with E-state index in [0.717, 1.165) is 18.1 Å². The number of rotatable bonds is 4. The van der Waals surface area contributed by atoms with Gasteiger partial charge in [-0.1, -0.05) is 19.8 Å². The molecule has 0 unspecified atom stereocenters. The zero-order valence-corrected chi connectivity index (χ0v) is 15.2.